The Morgan fingerprint density at radius 3 is 2.25 bits per heavy atom. The number of nitrogens with one attached hydrogen (secondary N) is 2. The van der Waals surface area contributed by atoms with Crippen molar-refractivity contribution in [2.75, 3.05) is 10.0 Å². The number of anilines is 2. The summed E-state index contributed by atoms with van der Waals surface area (Å²) in [6.45, 7) is 0. The van der Waals surface area contributed by atoms with E-state index in [1.54, 1.807) is 30.5 Å². The Morgan fingerprint density at radius 1 is 0.964 bits per heavy atom. The molecule has 0 spiro atoms. The Kier molecular flexibility index (Phi) is 5.74. The normalized spacial score (nSPS) is 16.0. The van der Waals surface area contributed by atoms with Crippen LogP contribution in [0, 0.1) is 10.1 Å². The summed E-state index contributed by atoms with van der Waals surface area (Å²) in [6, 6.07) is 11.3. The highest BCUT2D eigenvalue weighted by molar-refractivity contribution is 7.92. The number of carbonyl (C=O) groups excluding carboxylic acids is 1. The van der Waals surface area contributed by atoms with E-state index in [0.29, 0.717) is 29.8 Å². The Balaban J connectivity index is 1.81. The molecule has 1 aliphatic carbocycles. The number of nitro groups is 1. The fourth-order valence-electron chi connectivity index (χ4n) is 2.87. The number of carbonyl (C=O) groups is 1. The molecule has 0 radical (unpaired) electrons. The predicted octanol–water partition coefficient (Wildman–Crippen LogP) is 3.83. The van der Waals surface area contributed by atoms with Gasteiger partial charge in [-0.2, -0.15) is 0 Å². The van der Waals surface area contributed by atoms with Gasteiger partial charge < -0.3 is 5.32 Å². The summed E-state index contributed by atoms with van der Waals surface area (Å²) >= 11 is 0. The topological polar surface area (TPSA) is 118 Å². The second-order valence-corrected chi connectivity index (χ2v) is 8.03. The number of hydrogen-bond donors (Lipinski definition) is 2. The summed E-state index contributed by atoms with van der Waals surface area (Å²) in [4.78, 5) is 22.0. The molecule has 1 aliphatic rings. The van der Waals surface area contributed by atoms with E-state index in [-0.39, 0.29) is 16.4 Å². The van der Waals surface area contributed by atoms with Gasteiger partial charge in [0.1, 0.15) is 0 Å². The average Bonchev–Trinajstić information content (AvgIpc) is 2.68. The van der Waals surface area contributed by atoms with Gasteiger partial charge in [0.05, 0.1) is 21.2 Å². The van der Waals surface area contributed by atoms with Gasteiger partial charge in [0.15, 0.2) is 5.78 Å². The first kappa shape index (κ1) is 19.6. The number of allylic oxidation sites excluding steroid dienone is 1. The summed E-state index contributed by atoms with van der Waals surface area (Å²) in [5.41, 5.74) is 1.31. The number of para-hydroxylation sites is 2. The van der Waals surface area contributed by atoms with Crippen molar-refractivity contribution in [3.05, 3.63) is 70.4 Å². The zero-order chi connectivity index (χ0) is 20.1. The molecule has 2 aromatic carbocycles. The third kappa shape index (κ3) is 4.55. The summed E-state index contributed by atoms with van der Waals surface area (Å²) in [6.07, 6.45) is 4.69. The van der Waals surface area contributed by atoms with Gasteiger partial charge in [0.2, 0.25) is 0 Å². The highest BCUT2D eigenvalue weighted by Gasteiger charge is 2.18. The molecule has 0 saturated heterocycles. The number of hydrogen-bond acceptors (Lipinski definition) is 6. The fourth-order valence-corrected chi connectivity index (χ4v) is 3.95. The monoisotopic (exact) mass is 401 g/mol. The number of Topliss-reactive ketones (excluding diaryl/α,β-unsaturated/α-hetero) is 1. The van der Waals surface area contributed by atoms with Gasteiger partial charge in [-0.15, -0.1) is 0 Å². The molecule has 1 fully saturated rings. The Bertz CT molecular complexity index is 1030. The molecule has 0 aliphatic heterocycles. The average molecular weight is 401 g/mol. The lowest BCUT2D eigenvalue weighted by molar-refractivity contribution is -0.384. The van der Waals surface area contributed by atoms with Gasteiger partial charge in [0.25, 0.3) is 15.7 Å². The van der Waals surface area contributed by atoms with Crippen molar-refractivity contribution in [2.24, 2.45) is 0 Å². The van der Waals surface area contributed by atoms with E-state index < -0.39 is 14.9 Å². The van der Waals surface area contributed by atoms with E-state index in [0.717, 1.165) is 25.0 Å². The van der Waals surface area contributed by atoms with E-state index in [2.05, 4.69) is 10.0 Å². The lowest BCUT2D eigenvalue weighted by Crippen LogP contribution is -2.14. The molecule has 0 amide bonds. The van der Waals surface area contributed by atoms with Crippen molar-refractivity contribution >= 4 is 32.9 Å². The van der Waals surface area contributed by atoms with Crippen LogP contribution in [-0.2, 0) is 14.8 Å². The number of benzene rings is 2. The van der Waals surface area contributed by atoms with Crippen LogP contribution in [0.2, 0.25) is 0 Å². The Labute approximate surface area is 162 Å². The van der Waals surface area contributed by atoms with E-state index >= 15 is 0 Å². The van der Waals surface area contributed by atoms with E-state index in [1.165, 1.54) is 12.1 Å². The molecule has 9 heteroatoms. The van der Waals surface area contributed by atoms with Crippen LogP contribution in [0.25, 0.3) is 0 Å². The van der Waals surface area contributed by atoms with Gasteiger partial charge in [-0.1, -0.05) is 12.1 Å². The van der Waals surface area contributed by atoms with Gasteiger partial charge in [0, 0.05) is 30.3 Å². The molecular weight excluding hydrogens is 382 g/mol. The standard InChI is InChI=1S/C19H19N3O5S/c23-19-8-4-1-5-14(19)13-20-17-6-2-3-7-18(17)21-28(26,27)16-11-9-15(10-12-16)22(24)25/h2-3,6-7,9-13,20-21H,1,4-5,8H2. The molecule has 0 aromatic heterocycles. The first-order valence-corrected chi connectivity index (χ1v) is 10.2. The first-order chi connectivity index (χ1) is 13.4. The van der Waals surface area contributed by atoms with Crippen LogP contribution >= 0.6 is 0 Å². The largest absolute Gasteiger partial charge is 0.360 e. The van der Waals surface area contributed by atoms with Gasteiger partial charge in [-0.25, -0.2) is 8.42 Å². The summed E-state index contributed by atoms with van der Waals surface area (Å²) in [7, 11) is -3.93. The van der Waals surface area contributed by atoms with Crippen molar-refractivity contribution in [2.45, 2.75) is 30.6 Å². The number of rotatable bonds is 6. The number of ketones is 1. The minimum Gasteiger partial charge on any atom is -0.360 e. The minimum atomic E-state index is -3.93. The van der Waals surface area contributed by atoms with Crippen molar-refractivity contribution in [3.63, 3.8) is 0 Å². The van der Waals surface area contributed by atoms with Crippen LogP contribution < -0.4 is 10.0 Å². The van der Waals surface area contributed by atoms with Gasteiger partial charge in [-0.05, 0) is 43.5 Å². The predicted molar refractivity (Wildman–Crippen MR) is 106 cm³/mol. The van der Waals surface area contributed by atoms with E-state index in [9.17, 15) is 23.3 Å². The summed E-state index contributed by atoms with van der Waals surface area (Å²) in [5, 5.41) is 13.7. The summed E-state index contributed by atoms with van der Waals surface area (Å²) < 4.78 is 27.7. The maximum Gasteiger partial charge on any atom is 0.269 e. The molecule has 0 unspecified atom stereocenters. The molecule has 28 heavy (non-hydrogen) atoms. The highest BCUT2D eigenvalue weighted by Crippen LogP contribution is 2.26. The number of non-ortho nitro benzene ring substituents is 1. The molecule has 0 bridgehead atoms. The SMILES string of the molecule is O=C1CCCCC1=CNc1ccccc1NS(=O)(=O)c1ccc([N+](=O)[O-])cc1. The lowest BCUT2D eigenvalue weighted by Gasteiger charge is -2.15. The van der Waals surface area contributed by atoms with Crippen LogP contribution in [0.5, 0.6) is 0 Å². The van der Waals surface area contributed by atoms with Gasteiger partial charge in [-0.3, -0.25) is 19.6 Å². The quantitative estimate of drug-likeness (QED) is 0.431. The molecule has 1 saturated carbocycles. The van der Waals surface area contributed by atoms with Crippen LogP contribution in [0.1, 0.15) is 25.7 Å². The van der Waals surface area contributed by atoms with Crippen molar-refractivity contribution < 1.29 is 18.1 Å². The highest BCUT2D eigenvalue weighted by atomic mass is 32.2. The molecule has 3 rings (SSSR count). The molecule has 146 valence electrons. The first-order valence-electron chi connectivity index (χ1n) is 8.72. The second kappa shape index (κ2) is 8.22. The molecule has 0 heterocycles. The van der Waals surface area contributed by atoms with E-state index in [4.69, 9.17) is 0 Å². The van der Waals surface area contributed by atoms with Crippen LogP contribution in [0.3, 0.4) is 0 Å². The second-order valence-electron chi connectivity index (χ2n) is 6.35. The summed E-state index contributed by atoms with van der Waals surface area (Å²) in [5.74, 6) is 0.0997. The molecule has 0 atom stereocenters. The third-order valence-electron chi connectivity index (χ3n) is 4.39. The molecular formula is C19H19N3O5S. The zero-order valence-electron chi connectivity index (χ0n) is 14.9. The number of nitrogens with zero attached hydrogens (tertiary/aromatic N) is 1. The zero-order valence-corrected chi connectivity index (χ0v) is 15.7. The van der Waals surface area contributed by atoms with Crippen molar-refractivity contribution in [3.8, 4) is 0 Å². The fraction of sp³-hybridized carbons (Fsp3) is 0.211. The van der Waals surface area contributed by atoms with Crippen molar-refractivity contribution in [1.82, 2.24) is 0 Å². The molecule has 2 aromatic rings. The maximum absolute atomic E-state index is 12.6. The van der Waals surface area contributed by atoms with Crippen LogP contribution in [-0.4, -0.2) is 19.1 Å². The lowest BCUT2D eigenvalue weighted by atomic mass is 9.94. The molecule has 8 nitrogen and oxygen atoms in total. The van der Waals surface area contributed by atoms with Gasteiger partial charge >= 0.3 is 0 Å². The minimum absolute atomic E-state index is 0.0892. The molecule has 2 N–H and O–H groups in total. The third-order valence-corrected chi connectivity index (χ3v) is 5.77. The van der Waals surface area contributed by atoms with Crippen LogP contribution in [0.4, 0.5) is 17.1 Å². The van der Waals surface area contributed by atoms with E-state index in [1.807, 2.05) is 0 Å². The smallest absolute Gasteiger partial charge is 0.269 e. The Hall–Kier alpha value is -3.20. The maximum atomic E-state index is 12.6. The number of nitro benzene ring substituents is 1. The van der Waals surface area contributed by atoms with Crippen molar-refractivity contribution in [1.29, 1.82) is 0 Å². The Morgan fingerprint density at radius 2 is 1.61 bits per heavy atom. The number of sulfonamides is 1. The van der Waals surface area contributed by atoms with Crippen LogP contribution in [0.15, 0.2) is 65.2 Å².